The van der Waals surface area contributed by atoms with Gasteiger partial charge in [-0.05, 0) is 68.7 Å². The highest BCUT2D eigenvalue weighted by atomic mass is 15.2. The van der Waals surface area contributed by atoms with Crippen LogP contribution in [-0.4, -0.2) is 9.97 Å². The lowest BCUT2D eigenvalue weighted by molar-refractivity contribution is 0.877. The van der Waals surface area contributed by atoms with Crippen molar-refractivity contribution in [3.63, 3.8) is 0 Å². The molecule has 6 aromatic carbocycles. The minimum Gasteiger partial charge on any atom is -0.305 e. The van der Waals surface area contributed by atoms with Crippen LogP contribution in [0.5, 0.6) is 0 Å². The van der Waals surface area contributed by atoms with E-state index in [9.17, 15) is 0 Å². The number of aromatic nitrogens is 2. The zero-order chi connectivity index (χ0) is 26.8. The zero-order valence-corrected chi connectivity index (χ0v) is 22.5. The fourth-order valence-electron chi connectivity index (χ4n) is 6.43. The molecule has 3 nitrogen and oxygen atoms in total. The van der Waals surface area contributed by atoms with Crippen LogP contribution in [0.2, 0.25) is 0 Å². The van der Waals surface area contributed by atoms with E-state index in [2.05, 4.69) is 116 Å². The van der Waals surface area contributed by atoms with E-state index >= 15 is 0 Å². The first-order valence-corrected chi connectivity index (χ1v) is 13.9. The van der Waals surface area contributed by atoms with Crippen molar-refractivity contribution in [1.82, 2.24) is 9.97 Å². The summed E-state index contributed by atoms with van der Waals surface area (Å²) in [5.74, 6) is 0.448. The molecular formula is C37H27N3. The molecule has 0 bridgehead atoms. The van der Waals surface area contributed by atoms with Crippen LogP contribution in [0.4, 0.5) is 17.1 Å². The number of pyridine rings is 2. The Hall–Kier alpha value is -5.02. The number of rotatable bonds is 4. The molecule has 0 fully saturated rings. The van der Waals surface area contributed by atoms with Crippen molar-refractivity contribution in [3.05, 3.63) is 127 Å². The van der Waals surface area contributed by atoms with E-state index in [0.29, 0.717) is 5.92 Å². The van der Waals surface area contributed by atoms with Gasteiger partial charge in [0.25, 0.3) is 0 Å². The maximum absolute atomic E-state index is 4.86. The van der Waals surface area contributed by atoms with Gasteiger partial charge in [-0.15, -0.1) is 0 Å². The summed E-state index contributed by atoms with van der Waals surface area (Å²) in [6.07, 6.45) is 3.76. The SMILES string of the molecule is CC(C)c1ccc2ccc3c(N(c4cccc5cccnc45)c4cccc5cccnc45)ccc4ccc1c2c43. The second-order valence-corrected chi connectivity index (χ2v) is 10.9. The molecule has 190 valence electrons. The summed E-state index contributed by atoms with van der Waals surface area (Å²) in [5.41, 5.74) is 6.51. The molecule has 0 radical (unpaired) electrons. The molecule has 8 aromatic rings. The molecule has 2 aromatic heterocycles. The third-order valence-electron chi connectivity index (χ3n) is 8.24. The van der Waals surface area contributed by atoms with Crippen molar-refractivity contribution in [2.45, 2.75) is 19.8 Å². The van der Waals surface area contributed by atoms with Crippen LogP contribution in [-0.2, 0) is 0 Å². The molecule has 40 heavy (non-hydrogen) atoms. The molecule has 0 aliphatic rings. The predicted octanol–water partition coefficient (Wildman–Crippen LogP) is 10.3. The van der Waals surface area contributed by atoms with Crippen molar-refractivity contribution >= 4 is 71.2 Å². The number of anilines is 3. The fourth-order valence-corrected chi connectivity index (χ4v) is 6.43. The Labute approximate surface area is 232 Å². The lowest BCUT2D eigenvalue weighted by atomic mass is 9.88. The van der Waals surface area contributed by atoms with Crippen molar-refractivity contribution < 1.29 is 0 Å². The Kier molecular flexibility index (Phi) is 5.02. The van der Waals surface area contributed by atoms with Crippen molar-refractivity contribution in [2.75, 3.05) is 4.90 Å². The summed E-state index contributed by atoms with van der Waals surface area (Å²) in [5, 5.41) is 9.96. The molecule has 0 spiro atoms. The Morgan fingerprint density at radius 1 is 0.475 bits per heavy atom. The number of fused-ring (bicyclic) bond motifs is 2. The third-order valence-corrected chi connectivity index (χ3v) is 8.24. The smallest absolute Gasteiger partial charge is 0.0942 e. The molecule has 0 saturated carbocycles. The second-order valence-electron chi connectivity index (χ2n) is 10.9. The quantitative estimate of drug-likeness (QED) is 0.219. The Balaban J connectivity index is 1.52. The van der Waals surface area contributed by atoms with Gasteiger partial charge in [0.1, 0.15) is 0 Å². The van der Waals surface area contributed by atoms with Crippen LogP contribution in [0.25, 0.3) is 54.1 Å². The molecule has 0 amide bonds. The summed E-state index contributed by atoms with van der Waals surface area (Å²) in [4.78, 5) is 12.1. The summed E-state index contributed by atoms with van der Waals surface area (Å²) in [6.45, 7) is 4.56. The highest BCUT2D eigenvalue weighted by molar-refractivity contribution is 6.26. The van der Waals surface area contributed by atoms with Crippen molar-refractivity contribution in [2.24, 2.45) is 0 Å². The highest BCUT2D eigenvalue weighted by Gasteiger charge is 2.22. The lowest BCUT2D eigenvalue weighted by Gasteiger charge is -2.29. The molecule has 2 heterocycles. The van der Waals surface area contributed by atoms with Crippen LogP contribution < -0.4 is 4.90 Å². The van der Waals surface area contributed by atoms with Gasteiger partial charge in [-0.3, -0.25) is 9.97 Å². The minimum atomic E-state index is 0.448. The maximum Gasteiger partial charge on any atom is 0.0942 e. The molecule has 0 aliphatic carbocycles. The van der Waals surface area contributed by atoms with E-state index in [4.69, 9.17) is 9.97 Å². The zero-order valence-electron chi connectivity index (χ0n) is 22.5. The summed E-state index contributed by atoms with van der Waals surface area (Å²) in [6, 6.07) is 39.4. The van der Waals surface area contributed by atoms with Crippen LogP contribution in [0.15, 0.2) is 122 Å². The maximum atomic E-state index is 4.86. The average molecular weight is 514 g/mol. The second kappa shape index (κ2) is 8.75. The lowest BCUT2D eigenvalue weighted by Crippen LogP contribution is -2.12. The Morgan fingerprint density at radius 2 is 1.00 bits per heavy atom. The number of hydrogen-bond acceptors (Lipinski definition) is 3. The van der Waals surface area contributed by atoms with Gasteiger partial charge in [0.15, 0.2) is 0 Å². The van der Waals surface area contributed by atoms with Gasteiger partial charge in [0, 0.05) is 28.6 Å². The molecule has 0 unspecified atom stereocenters. The van der Waals surface area contributed by atoms with Gasteiger partial charge in [-0.2, -0.15) is 0 Å². The fraction of sp³-hybridized carbons (Fsp3) is 0.0811. The van der Waals surface area contributed by atoms with E-state index in [1.165, 1.54) is 37.9 Å². The molecule has 0 aliphatic heterocycles. The van der Waals surface area contributed by atoms with Gasteiger partial charge >= 0.3 is 0 Å². The van der Waals surface area contributed by atoms with E-state index < -0.39 is 0 Å². The van der Waals surface area contributed by atoms with E-state index in [1.807, 2.05) is 24.5 Å². The summed E-state index contributed by atoms with van der Waals surface area (Å²) in [7, 11) is 0. The van der Waals surface area contributed by atoms with Crippen LogP contribution in [0, 0.1) is 0 Å². The molecule has 0 atom stereocenters. The topological polar surface area (TPSA) is 29.0 Å². The van der Waals surface area contributed by atoms with Crippen LogP contribution in [0.3, 0.4) is 0 Å². The predicted molar refractivity (Wildman–Crippen MR) is 170 cm³/mol. The van der Waals surface area contributed by atoms with Crippen molar-refractivity contribution in [1.29, 1.82) is 0 Å². The molecular weight excluding hydrogens is 486 g/mol. The first-order chi connectivity index (χ1) is 19.7. The van der Waals surface area contributed by atoms with Gasteiger partial charge in [-0.1, -0.05) is 92.7 Å². The van der Waals surface area contributed by atoms with Crippen LogP contribution >= 0.6 is 0 Å². The highest BCUT2D eigenvalue weighted by Crippen LogP contribution is 2.47. The Morgan fingerprint density at radius 3 is 1.62 bits per heavy atom. The normalized spacial score (nSPS) is 12.0. The molecule has 3 heteroatoms. The number of hydrogen-bond donors (Lipinski definition) is 0. The van der Waals surface area contributed by atoms with Crippen molar-refractivity contribution in [3.8, 4) is 0 Å². The molecule has 0 saturated heterocycles. The van der Waals surface area contributed by atoms with Crippen LogP contribution in [0.1, 0.15) is 25.3 Å². The average Bonchev–Trinajstić information content (AvgIpc) is 3.00. The number of nitrogens with zero attached hydrogens (tertiary/aromatic N) is 3. The van der Waals surface area contributed by atoms with E-state index in [-0.39, 0.29) is 0 Å². The standard InChI is InChI=1S/C37H27N3/c1-23(2)28-17-13-24-15-19-30-31(20-16-25-14-18-29(28)34(24)35(25)30)40(32-11-3-7-26-9-5-21-38-36(26)32)33-12-4-8-27-10-6-22-39-37(27)33/h3-23H,1-2H3. The third kappa shape index (κ3) is 3.31. The van der Waals surface area contributed by atoms with E-state index in [0.717, 1.165) is 38.9 Å². The summed E-state index contributed by atoms with van der Waals surface area (Å²) < 4.78 is 0. The molecule has 8 rings (SSSR count). The van der Waals surface area contributed by atoms with E-state index in [1.54, 1.807) is 0 Å². The minimum absolute atomic E-state index is 0.448. The summed E-state index contributed by atoms with van der Waals surface area (Å²) >= 11 is 0. The number of para-hydroxylation sites is 2. The number of benzene rings is 6. The van der Waals surface area contributed by atoms with Gasteiger partial charge in [0.05, 0.1) is 28.1 Å². The first-order valence-electron chi connectivity index (χ1n) is 13.9. The monoisotopic (exact) mass is 513 g/mol. The largest absolute Gasteiger partial charge is 0.305 e. The van der Waals surface area contributed by atoms with Gasteiger partial charge in [-0.25, -0.2) is 0 Å². The first kappa shape index (κ1) is 22.9. The van der Waals surface area contributed by atoms with Gasteiger partial charge in [0.2, 0.25) is 0 Å². The Bertz CT molecular complexity index is 2120. The molecule has 0 N–H and O–H groups in total. The van der Waals surface area contributed by atoms with Gasteiger partial charge < -0.3 is 4.90 Å².